The van der Waals surface area contributed by atoms with Crippen molar-refractivity contribution in [3.63, 3.8) is 0 Å². The van der Waals surface area contributed by atoms with E-state index in [9.17, 15) is 4.79 Å². The summed E-state index contributed by atoms with van der Waals surface area (Å²) in [5.41, 5.74) is -0.685. The van der Waals surface area contributed by atoms with Crippen molar-refractivity contribution in [2.24, 2.45) is 5.41 Å². The number of esters is 1. The normalized spacial score (nSPS) is 28.9. The van der Waals surface area contributed by atoms with Crippen molar-refractivity contribution in [3.05, 3.63) is 0 Å². The molecule has 1 unspecified atom stereocenters. The molecule has 3 nitrogen and oxygen atoms in total. The number of carbonyl (C=O) groups is 1. The molecule has 0 spiro atoms. The van der Waals surface area contributed by atoms with Gasteiger partial charge in [-0.15, -0.1) is 0 Å². The van der Waals surface area contributed by atoms with Gasteiger partial charge in [0.1, 0.15) is 5.60 Å². The number of nitrogens with one attached hydrogen (secondary N) is 1. The predicted molar refractivity (Wildman–Crippen MR) is 51.4 cm³/mol. The molecule has 0 bridgehead atoms. The van der Waals surface area contributed by atoms with Crippen molar-refractivity contribution in [2.45, 2.75) is 39.7 Å². The van der Waals surface area contributed by atoms with Gasteiger partial charge in [0, 0.05) is 6.54 Å². The fourth-order valence-electron chi connectivity index (χ4n) is 1.39. The third-order valence-electron chi connectivity index (χ3n) is 2.26. The summed E-state index contributed by atoms with van der Waals surface area (Å²) in [5, 5.41) is 3.18. The van der Waals surface area contributed by atoms with Gasteiger partial charge in [-0.05, 0) is 40.7 Å². The Labute approximate surface area is 79.8 Å². The minimum absolute atomic E-state index is 0.0787. The van der Waals surface area contributed by atoms with Gasteiger partial charge >= 0.3 is 5.97 Å². The zero-order valence-electron chi connectivity index (χ0n) is 8.94. The highest BCUT2D eigenvalue weighted by atomic mass is 16.6. The summed E-state index contributed by atoms with van der Waals surface area (Å²) in [5.74, 6) is -0.0787. The summed E-state index contributed by atoms with van der Waals surface area (Å²) < 4.78 is 5.35. The summed E-state index contributed by atoms with van der Waals surface area (Å²) in [6.45, 7) is 9.31. The van der Waals surface area contributed by atoms with Crippen LogP contribution in [-0.4, -0.2) is 24.7 Å². The van der Waals surface area contributed by atoms with Crippen molar-refractivity contribution in [1.82, 2.24) is 5.32 Å². The lowest BCUT2D eigenvalue weighted by atomic mass is 9.90. The van der Waals surface area contributed by atoms with E-state index in [-0.39, 0.29) is 17.0 Å². The number of rotatable bonds is 1. The van der Waals surface area contributed by atoms with Gasteiger partial charge in [-0.25, -0.2) is 0 Å². The first-order valence-corrected chi connectivity index (χ1v) is 4.78. The van der Waals surface area contributed by atoms with Crippen LogP contribution in [-0.2, 0) is 9.53 Å². The molecule has 0 radical (unpaired) electrons. The average molecular weight is 185 g/mol. The molecule has 1 rings (SSSR count). The van der Waals surface area contributed by atoms with Crippen LogP contribution >= 0.6 is 0 Å². The fraction of sp³-hybridized carbons (Fsp3) is 0.900. The summed E-state index contributed by atoms with van der Waals surface area (Å²) in [4.78, 5) is 11.7. The van der Waals surface area contributed by atoms with Gasteiger partial charge in [0.2, 0.25) is 0 Å². The minimum Gasteiger partial charge on any atom is -0.460 e. The lowest BCUT2D eigenvalue weighted by molar-refractivity contribution is -0.165. The number of hydrogen-bond donors (Lipinski definition) is 1. The highest BCUT2D eigenvalue weighted by Crippen LogP contribution is 2.28. The number of carbonyl (C=O) groups excluding carboxylic acids is 1. The minimum atomic E-state index is -0.372. The van der Waals surface area contributed by atoms with E-state index in [0.29, 0.717) is 0 Å². The van der Waals surface area contributed by atoms with Crippen molar-refractivity contribution < 1.29 is 9.53 Å². The van der Waals surface area contributed by atoms with Crippen LogP contribution < -0.4 is 5.32 Å². The van der Waals surface area contributed by atoms with Gasteiger partial charge in [-0.1, -0.05) is 0 Å². The van der Waals surface area contributed by atoms with Crippen LogP contribution in [0.2, 0.25) is 0 Å². The van der Waals surface area contributed by atoms with Crippen LogP contribution in [0.1, 0.15) is 34.1 Å². The Hall–Kier alpha value is -0.570. The molecule has 0 aromatic heterocycles. The summed E-state index contributed by atoms with van der Waals surface area (Å²) in [6.07, 6.45) is 0.877. The molecular formula is C10H19NO2. The van der Waals surface area contributed by atoms with E-state index in [2.05, 4.69) is 5.32 Å². The third-order valence-corrected chi connectivity index (χ3v) is 2.26. The molecule has 1 heterocycles. The summed E-state index contributed by atoms with van der Waals surface area (Å²) in [7, 11) is 0. The van der Waals surface area contributed by atoms with Crippen LogP contribution in [0.3, 0.4) is 0 Å². The third kappa shape index (κ3) is 2.69. The molecular weight excluding hydrogens is 166 g/mol. The summed E-state index contributed by atoms with van der Waals surface area (Å²) >= 11 is 0. The van der Waals surface area contributed by atoms with E-state index >= 15 is 0 Å². The van der Waals surface area contributed by atoms with E-state index in [1.54, 1.807) is 0 Å². The molecule has 1 aliphatic heterocycles. The second-order valence-corrected chi connectivity index (χ2v) is 4.99. The lowest BCUT2D eigenvalue weighted by Gasteiger charge is -2.27. The number of hydrogen-bond acceptors (Lipinski definition) is 3. The van der Waals surface area contributed by atoms with Crippen LogP contribution in [0.5, 0.6) is 0 Å². The van der Waals surface area contributed by atoms with Crippen LogP contribution in [0.15, 0.2) is 0 Å². The Balaban J connectivity index is 2.57. The quantitative estimate of drug-likeness (QED) is 0.626. The number of ether oxygens (including phenoxy) is 1. The van der Waals surface area contributed by atoms with Gasteiger partial charge in [-0.2, -0.15) is 0 Å². The standard InChI is InChI=1S/C10H19NO2/c1-9(2,3)13-8(12)10(4)5-6-11-7-10/h11H,5-7H2,1-4H3. The molecule has 0 saturated carbocycles. The highest BCUT2D eigenvalue weighted by Gasteiger charge is 2.39. The first-order valence-electron chi connectivity index (χ1n) is 4.78. The molecule has 1 saturated heterocycles. The van der Waals surface area contributed by atoms with E-state index in [1.165, 1.54) is 0 Å². The van der Waals surface area contributed by atoms with Gasteiger partial charge in [-0.3, -0.25) is 4.79 Å². The van der Waals surface area contributed by atoms with Gasteiger partial charge < -0.3 is 10.1 Å². The molecule has 1 atom stereocenters. The van der Waals surface area contributed by atoms with Crippen molar-refractivity contribution in [1.29, 1.82) is 0 Å². The smallest absolute Gasteiger partial charge is 0.313 e. The van der Waals surface area contributed by atoms with Gasteiger partial charge in [0.25, 0.3) is 0 Å². The van der Waals surface area contributed by atoms with E-state index in [4.69, 9.17) is 4.74 Å². The highest BCUT2D eigenvalue weighted by molar-refractivity contribution is 5.77. The topological polar surface area (TPSA) is 38.3 Å². The Kier molecular flexibility index (Phi) is 2.66. The summed E-state index contributed by atoms with van der Waals surface area (Å²) in [6, 6.07) is 0. The molecule has 1 aliphatic rings. The molecule has 0 aromatic rings. The molecule has 0 aliphatic carbocycles. The Bertz CT molecular complexity index is 199. The molecule has 0 aromatic carbocycles. The second-order valence-electron chi connectivity index (χ2n) is 4.99. The molecule has 76 valence electrons. The lowest BCUT2D eigenvalue weighted by Crippen LogP contribution is -2.37. The Morgan fingerprint density at radius 2 is 2.08 bits per heavy atom. The SMILES string of the molecule is CC(C)(C)OC(=O)C1(C)CCNC1. The van der Waals surface area contributed by atoms with Crippen molar-refractivity contribution in [3.8, 4) is 0 Å². The van der Waals surface area contributed by atoms with Crippen molar-refractivity contribution >= 4 is 5.97 Å². The Morgan fingerprint density at radius 1 is 1.46 bits per heavy atom. The zero-order chi connectivity index (χ0) is 10.1. The van der Waals surface area contributed by atoms with E-state index in [0.717, 1.165) is 19.5 Å². The van der Waals surface area contributed by atoms with Crippen LogP contribution in [0.4, 0.5) is 0 Å². The maximum Gasteiger partial charge on any atom is 0.313 e. The monoisotopic (exact) mass is 185 g/mol. The molecule has 3 heteroatoms. The fourth-order valence-corrected chi connectivity index (χ4v) is 1.39. The average Bonchev–Trinajstić information content (AvgIpc) is 2.33. The first-order chi connectivity index (χ1) is 5.83. The molecule has 1 fully saturated rings. The van der Waals surface area contributed by atoms with Gasteiger partial charge in [0.05, 0.1) is 5.41 Å². The van der Waals surface area contributed by atoms with Gasteiger partial charge in [0.15, 0.2) is 0 Å². The predicted octanol–water partition coefficient (Wildman–Crippen LogP) is 1.33. The van der Waals surface area contributed by atoms with E-state index in [1.807, 2.05) is 27.7 Å². The second kappa shape index (κ2) is 3.29. The molecule has 13 heavy (non-hydrogen) atoms. The van der Waals surface area contributed by atoms with Crippen LogP contribution in [0.25, 0.3) is 0 Å². The Morgan fingerprint density at radius 3 is 2.46 bits per heavy atom. The maximum atomic E-state index is 11.7. The van der Waals surface area contributed by atoms with E-state index < -0.39 is 0 Å². The largest absolute Gasteiger partial charge is 0.460 e. The first kappa shape index (κ1) is 10.5. The van der Waals surface area contributed by atoms with Crippen LogP contribution in [0, 0.1) is 5.41 Å². The zero-order valence-corrected chi connectivity index (χ0v) is 8.94. The molecule has 1 N–H and O–H groups in total. The molecule has 0 amide bonds. The maximum absolute atomic E-state index is 11.7. The van der Waals surface area contributed by atoms with Crippen molar-refractivity contribution in [2.75, 3.05) is 13.1 Å².